The number of aryl methyl sites for hydroxylation is 1. The zero-order valence-electron chi connectivity index (χ0n) is 11.6. The van der Waals surface area contributed by atoms with Crippen molar-refractivity contribution >= 4 is 5.69 Å². The molecule has 0 heterocycles. The zero-order valence-corrected chi connectivity index (χ0v) is 11.6. The molecule has 0 aliphatic rings. The van der Waals surface area contributed by atoms with Crippen LogP contribution in [0.1, 0.15) is 23.6 Å². The van der Waals surface area contributed by atoms with Crippen molar-refractivity contribution in [3.63, 3.8) is 0 Å². The Morgan fingerprint density at radius 3 is 2.37 bits per heavy atom. The van der Waals surface area contributed by atoms with Crippen LogP contribution in [-0.2, 0) is 24.3 Å². The Labute approximate surface area is 115 Å². The van der Waals surface area contributed by atoms with E-state index in [2.05, 4.69) is 60.8 Å². The molecule has 2 aromatic rings. The monoisotopic (exact) mass is 255 g/mol. The lowest BCUT2D eigenvalue weighted by Gasteiger charge is -2.08. The Hall–Kier alpha value is -1.80. The van der Waals surface area contributed by atoms with E-state index in [0.29, 0.717) is 6.61 Å². The van der Waals surface area contributed by atoms with Crippen molar-refractivity contribution in [1.29, 1.82) is 0 Å². The van der Waals surface area contributed by atoms with E-state index >= 15 is 0 Å². The van der Waals surface area contributed by atoms with Crippen molar-refractivity contribution in [1.82, 2.24) is 0 Å². The summed E-state index contributed by atoms with van der Waals surface area (Å²) in [5, 5.41) is 3.44. The number of ether oxygens (including phenoxy) is 1. The first-order valence-electron chi connectivity index (χ1n) is 6.71. The van der Waals surface area contributed by atoms with E-state index in [1.165, 1.54) is 16.7 Å². The fourth-order valence-corrected chi connectivity index (χ4v) is 2.06. The highest BCUT2D eigenvalue weighted by molar-refractivity contribution is 5.45. The summed E-state index contributed by atoms with van der Waals surface area (Å²) in [7, 11) is 1.72. The largest absolute Gasteiger partial charge is 0.381 e. The molecule has 0 aliphatic carbocycles. The molecule has 0 saturated heterocycles. The van der Waals surface area contributed by atoms with Crippen molar-refractivity contribution in [3.05, 3.63) is 65.2 Å². The Morgan fingerprint density at radius 2 is 1.68 bits per heavy atom. The average molecular weight is 255 g/mol. The molecule has 0 amide bonds. The van der Waals surface area contributed by atoms with Crippen LogP contribution < -0.4 is 5.32 Å². The Bertz CT molecular complexity index is 505. The maximum Gasteiger partial charge on any atom is 0.0713 e. The van der Waals surface area contributed by atoms with Crippen molar-refractivity contribution in [2.45, 2.75) is 26.5 Å². The molecule has 1 N–H and O–H groups in total. The third-order valence-electron chi connectivity index (χ3n) is 3.16. The van der Waals surface area contributed by atoms with Crippen molar-refractivity contribution < 1.29 is 4.74 Å². The van der Waals surface area contributed by atoms with Gasteiger partial charge in [-0.3, -0.25) is 0 Å². The Balaban J connectivity index is 1.95. The molecule has 0 saturated carbocycles. The van der Waals surface area contributed by atoms with Crippen molar-refractivity contribution in [2.75, 3.05) is 12.4 Å². The van der Waals surface area contributed by atoms with Gasteiger partial charge in [0.1, 0.15) is 0 Å². The van der Waals surface area contributed by atoms with Gasteiger partial charge in [0.15, 0.2) is 0 Å². The molecule has 0 atom stereocenters. The molecule has 2 nitrogen and oxygen atoms in total. The fraction of sp³-hybridized carbons (Fsp3) is 0.294. The molecular formula is C17H21NO. The van der Waals surface area contributed by atoms with E-state index in [1.54, 1.807) is 7.11 Å². The van der Waals surface area contributed by atoms with Gasteiger partial charge in [0.25, 0.3) is 0 Å². The second kappa shape index (κ2) is 6.95. The number of rotatable bonds is 6. The highest BCUT2D eigenvalue weighted by Crippen LogP contribution is 2.13. The lowest BCUT2D eigenvalue weighted by molar-refractivity contribution is 0.185. The van der Waals surface area contributed by atoms with Crippen LogP contribution in [-0.4, -0.2) is 7.11 Å². The first kappa shape index (κ1) is 13.6. The number of nitrogens with one attached hydrogen (secondary N) is 1. The smallest absolute Gasteiger partial charge is 0.0713 e. The van der Waals surface area contributed by atoms with Gasteiger partial charge in [0, 0.05) is 19.3 Å². The fourth-order valence-electron chi connectivity index (χ4n) is 2.06. The standard InChI is InChI=1S/C17H21NO/c1-3-14-7-9-17(10-8-14)18-12-15-5-4-6-16(11-15)13-19-2/h4-11,18H,3,12-13H2,1-2H3. The first-order chi connectivity index (χ1) is 9.31. The lowest BCUT2D eigenvalue weighted by Crippen LogP contribution is -2.00. The van der Waals surface area contributed by atoms with E-state index in [9.17, 15) is 0 Å². The van der Waals surface area contributed by atoms with E-state index in [1.807, 2.05) is 0 Å². The quantitative estimate of drug-likeness (QED) is 0.842. The maximum absolute atomic E-state index is 5.15. The van der Waals surface area contributed by atoms with Crippen LogP contribution in [0.15, 0.2) is 48.5 Å². The molecule has 2 rings (SSSR count). The van der Waals surface area contributed by atoms with Gasteiger partial charge in [-0.15, -0.1) is 0 Å². The lowest BCUT2D eigenvalue weighted by atomic mass is 10.1. The number of methoxy groups -OCH3 is 1. The number of benzene rings is 2. The van der Waals surface area contributed by atoms with Crippen LogP contribution in [0.3, 0.4) is 0 Å². The summed E-state index contributed by atoms with van der Waals surface area (Å²) in [4.78, 5) is 0. The molecule has 0 spiro atoms. The molecule has 0 aromatic heterocycles. The third-order valence-corrected chi connectivity index (χ3v) is 3.16. The molecular weight excluding hydrogens is 234 g/mol. The van der Waals surface area contributed by atoms with E-state index in [0.717, 1.165) is 18.7 Å². The topological polar surface area (TPSA) is 21.3 Å². The number of hydrogen-bond acceptors (Lipinski definition) is 2. The van der Waals surface area contributed by atoms with Gasteiger partial charge in [0.2, 0.25) is 0 Å². The number of anilines is 1. The van der Waals surface area contributed by atoms with Gasteiger partial charge in [-0.05, 0) is 35.2 Å². The van der Waals surface area contributed by atoms with Gasteiger partial charge in [-0.25, -0.2) is 0 Å². The highest BCUT2D eigenvalue weighted by atomic mass is 16.5. The van der Waals surface area contributed by atoms with E-state index in [4.69, 9.17) is 4.74 Å². The minimum absolute atomic E-state index is 0.666. The summed E-state index contributed by atoms with van der Waals surface area (Å²) in [6, 6.07) is 17.1. The molecule has 0 unspecified atom stereocenters. The molecule has 2 heteroatoms. The van der Waals surface area contributed by atoms with Crippen LogP contribution in [0.25, 0.3) is 0 Å². The zero-order chi connectivity index (χ0) is 13.5. The van der Waals surface area contributed by atoms with Crippen LogP contribution in [0.4, 0.5) is 5.69 Å². The van der Waals surface area contributed by atoms with Gasteiger partial charge in [0.05, 0.1) is 6.61 Å². The molecule has 0 bridgehead atoms. The minimum atomic E-state index is 0.666. The van der Waals surface area contributed by atoms with Crippen LogP contribution in [0, 0.1) is 0 Å². The minimum Gasteiger partial charge on any atom is -0.381 e. The first-order valence-corrected chi connectivity index (χ1v) is 6.71. The summed E-state index contributed by atoms with van der Waals surface area (Å²) in [6.45, 7) is 3.67. The normalized spacial score (nSPS) is 10.4. The summed E-state index contributed by atoms with van der Waals surface area (Å²) < 4.78 is 5.15. The molecule has 100 valence electrons. The Kier molecular flexibility index (Phi) is 4.99. The maximum atomic E-state index is 5.15. The summed E-state index contributed by atoms with van der Waals surface area (Å²) in [5.41, 5.74) is 5.01. The van der Waals surface area contributed by atoms with Gasteiger partial charge in [-0.1, -0.05) is 43.3 Å². The van der Waals surface area contributed by atoms with Gasteiger partial charge in [-0.2, -0.15) is 0 Å². The second-order valence-electron chi connectivity index (χ2n) is 4.66. The van der Waals surface area contributed by atoms with Crippen LogP contribution in [0.5, 0.6) is 0 Å². The second-order valence-corrected chi connectivity index (χ2v) is 4.66. The van der Waals surface area contributed by atoms with Crippen molar-refractivity contribution in [3.8, 4) is 0 Å². The number of hydrogen-bond donors (Lipinski definition) is 1. The van der Waals surface area contributed by atoms with Gasteiger partial charge < -0.3 is 10.1 Å². The molecule has 19 heavy (non-hydrogen) atoms. The predicted octanol–water partition coefficient (Wildman–Crippen LogP) is 4.01. The van der Waals surface area contributed by atoms with Crippen LogP contribution >= 0.6 is 0 Å². The Morgan fingerprint density at radius 1 is 0.947 bits per heavy atom. The summed E-state index contributed by atoms with van der Waals surface area (Å²) in [5.74, 6) is 0. The molecule has 2 aromatic carbocycles. The molecule has 0 fully saturated rings. The third kappa shape index (κ3) is 4.11. The average Bonchev–Trinajstić information content (AvgIpc) is 2.46. The van der Waals surface area contributed by atoms with Gasteiger partial charge >= 0.3 is 0 Å². The van der Waals surface area contributed by atoms with Crippen molar-refractivity contribution in [2.24, 2.45) is 0 Å². The SMILES string of the molecule is CCc1ccc(NCc2cccc(COC)c2)cc1. The molecule has 0 aliphatic heterocycles. The summed E-state index contributed by atoms with van der Waals surface area (Å²) in [6.07, 6.45) is 1.08. The molecule has 0 radical (unpaired) electrons. The van der Waals surface area contributed by atoms with E-state index < -0.39 is 0 Å². The van der Waals surface area contributed by atoms with Crippen LogP contribution in [0.2, 0.25) is 0 Å². The summed E-state index contributed by atoms with van der Waals surface area (Å²) >= 11 is 0. The van der Waals surface area contributed by atoms with E-state index in [-0.39, 0.29) is 0 Å². The predicted molar refractivity (Wildman–Crippen MR) is 80.3 cm³/mol. The highest BCUT2D eigenvalue weighted by Gasteiger charge is 1.97.